The first-order valence-corrected chi connectivity index (χ1v) is 5.81. The van der Waals surface area contributed by atoms with Crippen molar-refractivity contribution < 1.29 is 9.84 Å². The van der Waals surface area contributed by atoms with Crippen LogP contribution in [0, 0.1) is 0 Å². The average molecular weight is 228 g/mol. The Morgan fingerprint density at radius 2 is 1.65 bits per heavy atom. The highest BCUT2D eigenvalue weighted by Crippen LogP contribution is 2.30. The summed E-state index contributed by atoms with van der Waals surface area (Å²) in [6.07, 6.45) is 0.199. The maximum atomic E-state index is 9.91. The molecule has 2 heteroatoms. The third kappa shape index (κ3) is 2.86. The minimum absolute atomic E-state index is 0.477. The molecule has 0 aliphatic carbocycles. The van der Waals surface area contributed by atoms with E-state index < -0.39 is 6.10 Å². The van der Waals surface area contributed by atoms with E-state index in [2.05, 4.69) is 0 Å². The minimum atomic E-state index is -0.477. The summed E-state index contributed by atoms with van der Waals surface area (Å²) in [7, 11) is 0. The van der Waals surface area contributed by atoms with Crippen molar-refractivity contribution in [3.05, 3.63) is 60.2 Å². The van der Waals surface area contributed by atoms with Gasteiger partial charge in [0.2, 0.25) is 0 Å². The van der Waals surface area contributed by atoms with Crippen LogP contribution in [-0.4, -0.2) is 5.11 Å². The van der Waals surface area contributed by atoms with Crippen molar-refractivity contribution in [3.8, 4) is 11.5 Å². The Morgan fingerprint density at radius 3 is 2.35 bits per heavy atom. The molecule has 88 valence electrons. The Kier molecular flexibility index (Phi) is 3.78. The summed E-state index contributed by atoms with van der Waals surface area (Å²) in [5.74, 6) is 1.50. The molecule has 0 aliphatic rings. The molecule has 0 amide bonds. The van der Waals surface area contributed by atoms with Crippen molar-refractivity contribution in [2.24, 2.45) is 0 Å². The lowest BCUT2D eigenvalue weighted by Crippen LogP contribution is -1.98. The first-order valence-electron chi connectivity index (χ1n) is 5.81. The lowest BCUT2D eigenvalue weighted by molar-refractivity contribution is 0.170. The van der Waals surface area contributed by atoms with Gasteiger partial charge in [-0.3, -0.25) is 0 Å². The van der Waals surface area contributed by atoms with E-state index in [9.17, 15) is 5.11 Å². The van der Waals surface area contributed by atoms with Gasteiger partial charge in [0, 0.05) is 5.56 Å². The molecule has 1 N–H and O–H groups in total. The molecule has 1 atom stereocenters. The summed E-state index contributed by atoms with van der Waals surface area (Å²) in [5, 5.41) is 9.91. The Bertz CT molecular complexity index is 465. The van der Waals surface area contributed by atoms with Crippen molar-refractivity contribution in [2.45, 2.75) is 19.4 Å². The molecule has 1 unspecified atom stereocenters. The van der Waals surface area contributed by atoms with Gasteiger partial charge in [0.15, 0.2) is 0 Å². The maximum absolute atomic E-state index is 9.91. The average Bonchev–Trinajstić information content (AvgIpc) is 2.40. The van der Waals surface area contributed by atoms with Crippen LogP contribution in [0.2, 0.25) is 0 Å². The smallest absolute Gasteiger partial charge is 0.133 e. The van der Waals surface area contributed by atoms with E-state index in [-0.39, 0.29) is 0 Å². The van der Waals surface area contributed by atoms with Crippen LogP contribution in [0.1, 0.15) is 25.0 Å². The van der Waals surface area contributed by atoms with Gasteiger partial charge in [0.1, 0.15) is 11.5 Å². The predicted molar refractivity (Wildman–Crippen MR) is 68.2 cm³/mol. The number of hydrogen-bond donors (Lipinski definition) is 1. The summed E-state index contributed by atoms with van der Waals surface area (Å²) in [4.78, 5) is 0. The van der Waals surface area contributed by atoms with Crippen LogP contribution in [-0.2, 0) is 0 Å². The molecule has 0 spiro atoms. The summed E-state index contributed by atoms with van der Waals surface area (Å²) in [6.45, 7) is 1.95. The lowest BCUT2D eigenvalue weighted by atomic mass is 10.1. The highest BCUT2D eigenvalue weighted by Gasteiger charge is 2.11. The largest absolute Gasteiger partial charge is 0.457 e. The molecule has 2 nitrogen and oxygen atoms in total. The Balaban J connectivity index is 2.27. The molecule has 0 heterocycles. The molecular weight excluding hydrogens is 212 g/mol. The van der Waals surface area contributed by atoms with Gasteiger partial charge in [-0.25, -0.2) is 0 Å². The van der Waals surface area contributed by atoms with Gasteiger partial charge in [-0.1, -0.05) is 43.3 Å². The van der Waals surface area contributed by atoms with Crippen molar-refractivity contribution in [1.82, 2.24) is 0 Å². The van der Waals surface area contributed by atoms with E-state index in [4.69, 9.17) is 4.74 Å². The lowest BCUT2D eigenvalue weighted by Gasteiger charge is -2.14. The van der Waals surface area contributed by atoms with Crippen LogP contribution in [0.3, 0.4) is 0 Å². The second kappa shape index (κ2) is 5.51. The minimum Gasteiger partial charge on any atom is -0.457 e. The molecule has 17 heavy (non-hydrogen) atoms. The fourth-order valence-electron chi connectivity index (χ4n) is 1.68. The summed E-state index contributed by atoms with van der Waals surface area (Å²) < 4.78 is 5.77. The fraction of sp³-hybridized carbons (Fsp3) is 0.200. The standard InChI is InChI=1S/C15H16O2/c1-2-14(16)13-10-6-7-11-15(13)17-12-8-4-3-5-9-12/h3-11,14,16H,2H2,1H3. The van der Waals surface area contributed by atoms with Gasteiger partial charge in [0.25, 0.3) is 0 Å². The van der Waals surface area contributed by atoms with Crippen LogP contribution in [0.15, 0.2) is 54.6 Å². The third-order valence-electron chi connectivity index (χ3n) is 2.64. The second-order valence-electron chi connectivity index (χ2n) is 3.88. The fourth-order valence-corrected chi connectivity index (χ4v) is 1.68. The van der Waals surface area contributed by atoms with Crippen molar-refractivity contribution in [2.75, 3.05) is 0 Å². The Morgan fingerprint density at radius 1 is 1.00 bits per heavy atom. The van der Waals surface area contributed by atoms with Crippen LogP contribution >= 0.6 is 0 Å². The second-order valence-corrected chi connectivity index (χ2v) is 3.88. The molecule has 0 bridgehead atoms. The molecule has 0 aromatic heterocycles. The van der Waals surface area contributed by atoms with Crippen molar-refractivity contribution in [3.63, 3.8) is 0 Å². The van der Waals surface area contributed by atoms with Crippen LogP contribution in [0.4, 0.5) is 0 Å². The molecule has 2 aromatic rings. The molecule has 0 radical (unpaired) electrons. The SMILES string of the molecule is CCC(O)c1ccccc1Oc1ccccc1. The van der Waals surface area contributed by atoms with Gasteiger partial charge in [-0.15, -0.1) is 0 Å². The summed E-state index contributed by atoms with van der Waals surface area (Å²) >= 11 is 0. The molecule has 2 aromatic carbocycles. The van der Waals surface area contributed by atoms with Gasteiger partial charge in [-0.2, -0.15) is 0 Å². The maximum Gasteiger partial charge on any atom is 0.133 e. The number of aliphatic hydroxyl groups is 1. The van der Waals surface area contributed by atoms with E-state index in [1.54, 1.807) is 0 Å². The van der Waals surface area contributed by atoms with Gasteiger partial charge < -0.3 is 9.84 Å². The quantitative estimate of drug-likeness (QED) is 0.859. The Hall–Kier alpha value is -1.80. The molecule has 0 aliphatic heterocycles. The first-order chi connectivity index (χ1) is 8.31. The number of rotatable bonds is 4. The number of aliphatic hydroxyl groups excluding tert-OH is 1. The summed E-state index contributed by atoms with van der Waals surface area (Å²) in [5.41, 5.74) is 0.832. The highest BCUT2D eigenvalue weighted by atomic mass is 16.5. The van der Waals surface area contributed by atoms with Crippen LogP contribution < -0.4 is 4.74 Å². The zero-order valence-corrected chi connectivity index (χ0v) is 9.84. The number of hydrogen-bond acceptors (Lipinski definition) is 2. The zero-order chi connectivity index (χ0) is 12.1. The summed E-state index contributed by atoms with van der Waals surface area (Å²) in [6, 6.07) is 17.2. The number of ether oxygens (including phenoxy) is 1. The normalized spacial score (nSPS) is 12.1. The first kappa shape index (κ1) is 11.7. The Labute approximate surface area is 101 Å². The van der Waals surface area contributed by atoms with E-state index in [1.165, 1.54) is 0 Å². The van der Waals surface area contributed by atoms with Gasteiger partial charge in [0.05, 0.1) is 6.10 Å². The van der Waals surface area contributed by atoms with Crippen molar-refractivity contribution in [1.29, 1.82) is 0 Å². The monoisotopic (exact) mass is 228 g/mol. The van der Waals surface area contributed by atoms with Gasteiger partial charge in [-0.05, 0) is 24.6 Å². The molecule has 0 saturated carbocycles. The highest BCUT2D eigenvalue weighted by molar-refractivity contribution is 5.38. The van der Waals surface area contributed by atoms with E-state index in [0.29, 0.717) is 12.2 Å². The number of para-hydroxylation sites is 2. The van der Waals surface area contributed by atoms with E-state index in [1.807, 2.05) is 61.5 Å². The van der Waals surface area contributed by atoms with Gasteiger partial charge >= 0.3 is 0 Å². The zero-order valence-electron chi connectivity index (χ0n) is 9.84. The topological polar surface area (TPSA) is 29.5 Å². The molecule has 0 fully saturated rings. The van der Waals surface area contributed by atoms with Crippen molar-refractivity contribution >= 4 is 0 Å². The molecule has 0 saturated heterocycles. The number of benzene rings is 2. The van der Waals surface area contributed by atoms with Crippen LogP contribution in [0.25, 0.3) is 0 Å². The van der Waals surface area contributed by atoms with E-state index in [0.717, 1.165) is 11.3 Å². The van der Waals surface area contributed by atoms with Crippen LogP contribution in [0.5, 0.6) is 11.5 Å². The van der Waals surface area contributed by atoms with E-state index >= 15 is 0 Å². The predicted octanol–water partition coefficient (Wildman–Crippen LogP) is 3.92. The molecular formula is C15H16O2. The molecule has 2 rings (SSSR count). The third-order valence-corrected chi connectivity index (χ3v) is 2.64.